The lowest BCUT2D eigenvalue weighted by Gasteiger charge is -2.13. The Labute approximate surface area is 86.2 Å². The van der Waals surface area contributed by atoms with Crippen LogP contribution in [0.15, 0.2) is 18.2 Å². The van der Waals surface area contributed by atoms with E-state index in [0.717, 1.165) is 0 Å². The molecule has 5 heteroatoms. The number of rotatable bonds is 3. The molecule has 1 aromatic rings. The van der Waals surface area contributed by atoms with E-state index in [1.165, 1.54) is 7.11 Å². The smallest absolute Gasteiger partial charge is 0.251 e. The Morgan fingerprint density at radius 3 is 2.79 bits per heavy atom. The van der Waals surface area contributed by atoms with Gasteiger partial charge >= 0.3 is 0 Å². The van der Waals surface area contributed by atoms with Crippen LogP contribution in [0.1, 0.15) is 11.7 Å². The number of carbonyl (C=O) groups excluding carboxylic acids is 1. The predicted octanol–water partition coefficient (Wildman–Crippen LogP) is 0.867. The van der Waals surface area contributed by atoms with Crippen LogP contribution in [0.25, 0.3) is 0 Å². The summed E-state index contributed by atoms with van der Waals surface area (Å²) in [6.07, 6.45) is -1.45. The van der Waals surface area contributed by atoms with Gasteiger partial charge in [-0.25, -0.2) is 0 Å². The second-order valence-electron chi connectivity index (χ2n) is 2.66. The van der Waals surface area contributed by atoms with Crippen molar-refractivity contribution in [2.45, 2.75) is 6.10 Å². The van der Waals surface area contributed by atoms with Gasteiger partial charge in [-0.05, 0) is 12.1 Å². The molecule has 0 heterocycles. The first-order valence-electron chi connectivity index (χ1n) is 3.87. The van der Waals surface area contributed by atoms with E-state index in [9.17, 15) is 9.90 Å². The molecule has 0 spiro atoms. The fraction of sp³-hybridized carbons (Fsp3) is 0.222. The maximum Gasteiger partial charge on any atom is 0.251 e. The Hall–Kier alpha value is -1.26. The van der Waals surface area contributed by atoms with Crippen LogP contribution in [-0.2, 0) is 4.79 Å². The molecule has 0 bridgehead atoms. The first-order valence-corrected chi connectivity index (χ1v) is 4.25. The van der Waals surface area contributed by atoms with E-state index < -0.39 is 12.0 Å². The number of hydrogen-bond donors (Lipinski definition) is 2. The third-order valence-corrected chi connectivity index (χ3v) is 2.11. The Morgan fingerprint density at radius 1 is 1.64 bits per heavy atom. The van der Waals surface area contributed by atoms with Crippen LogP contribution in [0.3, 0.4) is 0 Å². The summed E-state index contributed by atoms with van der Waals surface area (Å²) in [7, 11) is 1.42. The van der Waals surface area contributed by atoms with E-state index >= 15 is 0 Å². The average Bonchev–Trinajstić information content (AvgIpc) is 2.16. The Morgan fingerprint density at radius 2 is 2.29 bits per heavy atom. The van der Waals surface area contributed by atoms with Crippen molar-refractivity contribution in [1.29, 1.82) is 0 Å². The Balaban J connectivity index is 3.23. The van der Waals surface area contributed by atoms with Crippen LogP contribution >= 0.6 is 11.6 Å². The van der Waals surface area contributed by atoms with E-state index in [1.54, 1.807) is 18.2 Å². The lowest BCUT2D eigenvalue weighted by Crippen LogP contribution is -2.21. The van der Waals surface area contributed by atoms with E-state index in [1.807, 2.05) is 0 Å². The van der Waals surface area contributed by atoms with E-state index in [4.69, 9.17) is 22.1 Å². The molecule has 1 unspecified atom stereocenters. The van der Waals surface area contributed by atoms with E-state index in [-0.39, 0.29) is 10.6 Å². The van der Waals surface area contributed by atoms with Gasteiger partial charge in [0.2, 0.25) is 0 Å². The normalized spacial score (nSPS) is 12.2. The molecule has 0 aromatic heterocycles. The van der Waals surface area contributed by atoms with Gasteiger partial charge in [-0.1, -0.05) is 17.7 Å². The number of ether oxygens (including phenoxy) is 1. The van der Waals surface area contributed by atoms with Gasteiger partial charge in [0.05, 0.1) is 17.7 Å². The van der Waals surface area contributed by atoms with Crippen molar-refractivity contribution in [1.82, 2.24) is 0 Å². The molecule has 14 heavy (non-hydrogen) atoms. The number of methoxy groups -OCH3 is 1. The van der Waals surface area contributed by atoms with Crippen molar-refractivity contribution in [3.63, 3.8) is 0 Å². The Kier molecular flexibility index (Phi) is 3.33. The van der Waals surface area contributed by atoms with Crippen molar-refractivity contribution in [2.75, 3.05) is 7.11 Å². The highest BCUT2D eigenvalue weighted by Gasteiger charge is 2.21. The zero-order valence-electron chi connectivity index (χ0n) is 7.53. The monoisotopic (exact) mass is 215 g/mol. The number of carbonyl (C=O) groups is 1. The van der Waals surface area contributed by atoms with Crippen LogP contribution in [0.5, 0.6) is 5.75 Å². The fourth-order valence-corrected chi connectivity index (χ4v) is 1.37. The highest BCUT2D eigenvalue weighted by molar-refractivity contribution is 6.31. The quantitative estimate of drug-likeness (QED) is 0.786. The van der Waals surface area contributed by atoms with Gasteiger partial charge < -0.3 is 15.6 Å². The zero-order chi connectivity index (χ0) is 10.7. The summed E-state index contributed by atoms with van der Waals surface area (Å²) in [6, 6.07) is 4.79. The molecular formula is C9H10ClNO3. The highest BCUT2D eigenvalue weighted by atomic mass is 35.5. The second kappa shape index (κ2) is 4.30. The van der Waals surface area contributed by atoms with Gasteiger partial charge in [-0.2, -0.15) is 0 Å². The SMILES string of the molecule is COc1cccc(Cl)c1C(O)C(N)=O. The van der Waals surface area contributed by atoms with Gasteiger partial charge in [0.1, 0.15) is 5.75 Å². The van der Waals surface area contributed by atoms with E-state index in [0.29, 0.717) is 5.75 Å². The zero-order valence-corrected chi connectivity index (χ0v) is 8.28. The van der Waals surface area contributed by atoms with Gasteiger partial charge in [-0.3, -0.25) is 4.79 Å². The molecule has 0 aliphatic heterocycles. The number of aliphatic hydroxyl groups is 1. The first kappa shape index (κ1) is 10.8. The Bertz CT molecular complexity index is 354. The minimum absolute atomic E-state index is 0.198. The average molecular weight is 216 g/mol. The molecule has 1 amide bonds. The van der Waals surface area contributed by atoms with Gasteiger partial charge in [0.25, 0.3) is 5.91 Å². The molecule has 0 saturated heterocycles. The molecular weight excluding hydrogens is 206 g/mol. The van der Waals surface area contributed by atoms with Crippen LogP contribution in [0.2, 0.25) is 5.02 Å². The van der Waals surface area contributed by atoms with Crippen molar-refractivity contribution in [2.24, 2.45) is 5.73 Å². The standard InChI is InChI=1S/C9H10ClNO3/c1-14-6-4-2-3-5(10)7(6)8(12)9(11)13/h2-4,8,12H,1H3,(H2,11,13). The molecule has 1 atom stereocenters. The lowest BCUT2D eigenvalue weighted by atomic mass is 10.1. The minimum Gasteiger partial charge on any atom is -0.496 e. The van der Waals surface area contributed by atoms with Gasteiger partial charge in [0.15, 0.2) is 6.10 Å². The topological polar surface area (TPSA) is 72.6 Å². The van der Waals surface area contributed by atoms with Crippen LogP contribution < -0.4 is 10.5 Å². The second-order valence-corrected chi connectivity index (χ2v) is 3.07. The summed E-state index contributed by atoms with van der Waals surface area (Å²) in [5, 5.41) is 9.70. The summed E-state index contributed by atoms with van der Waals surface area (Å²) in [6.45, 7) is 0. The van der Waals surface area contributed by atoms with Crippen molar-refractivity contribution in [3.05, 3.63) is 28.8 Å². The largest absolute Gasteiger partial charge is 0.496 e. The number of hydrogen-bond acceptors (Lipinski definition) is 3. The molecule has 1 rings (SSSR count). The summed E-state index contributed by atoms with van der Waals surface area (Å²) >= 11 is 5.80. The van der Waals surface area contributed by atoms with Crippen LogP contribution in [0.4, 0.5) is 0 Å². The van der Waals surface area contributed by atoms with Crippen LogP contribution in [0, 0.1) is 0 Å². The number of halogens is 1. The molecule has 0 radical (unpaired) electrons. The van der Waals surface area contributed by atoms with Crippen molar-refractivity contribution < 1.29 is 14.6 Å². The lowest BCUT2D eigenvalue weighted by molar-refractivity contribution is -0.126. The molecule has 0 aliphatic rings. The summed E-state index contributed by atoms with van der Waals surface area (Å²) in [5.41, 5.74) is 5.16. The number of benzene rings is 1. The number of primary amides is 1. The summed E-state index contributed by atoms with van der Waals surface area (Å²) in [5.74, 6) is -0.528. The third-order valence-electron chi connectivity index (χ3n) is 1.78. The molecule has 0 fully saturated rings. The van der Waals surface area contributed by atoms with Gasteiger partial charge in [-0.15, -0.1) is 0 Å². The summed E-state index contributed by atoms with van der Waals surface area (Å²) < 4.78 is 4.95. The predicted molar refractivity (Wildman–Crippen MR) is 52.2 cm³/mol. The number of aliphatic hydroxyl groups excluding tert-OH is 1. The maximum absolute atomic E-state index is 10.8. The summed E-state index contributed by atoms with van der Waals surface area (Å²) in [4.78, 5) is 10.8. The first-order chi connectivity index (χ1) is 6.57. The molecule has 3 N–H and O–H groups in total. The molecule has 0 saturated carbocycles. The number of amides is 1. The fourth-order valence-electron chi connectivity index (χ4n) is 1.10. The van der Waals surface area contributed by atoms with Crippen LogP contribution in [-0.4, -0.2) is 18.1 Å². The van der Waals surface area contributed by atoms with Gasteiger partial charge in [0, 0.05) is 0 Å². The highest BCUT2D eigenvalue weighted by Crippen LogP contribution is 2.31. The van der Waals surface area contributed by atoms with E-state index in [2.05, 4.69) is 0 Å². The number of nitrogens with two attached hydrogens (primary N) is 1. The van der Waals surface area contributed by atoms with Crippen molar-refractivity contribution in [3.8, 4) is 5.75 Å². The van der Waals surface area contributed by atoms with Crippen molar-refractivity contribution >= 4 is 17.5 Å². The molecule has 0 aliphatic carbocycles. The molecule has 76 valence electrons. The maximum atomic E-state index is 10.8. The molecule has 1 aromatic carbocycles. The minimum atomic E-state index is -1.45. The molecule has 4 nitrogen and oxygen atoms in total. The third kappa shape index (κ3) is 1.97.